The number of carbonyl (C=O) groups excluding carboxylic acids is 1. The van der Waals surface area contributed by atoms with Crippen molar-refractivity contribution < 1.29 is 14.6 Å². The Hall–Kier alpha value is -1.50. The van der Waals surface area contributed by atoms with E-state index in [1.54, 1.807) is 6.07 Å². The molecule has 1 heterocycles. The van der Waals surface area contributed by atoms with Crippen molar-refractivity contribution in [3.05, 3.63) is 29.6 Å². The van der Waals surface area contributed by atoms with Crippen LogP contribution in [-0.2, 0) is 11.3 Å². The maximum Gasteiger partial charge on any atom is 0.252 e. The molecule has 6 nitrogen and oxygen atoms in total. The zero-order chi connectivity index (χ0) is 15.5. The molecule has 0 aliphatic rings. The van der Waals surface area contributed by atoms with Crippen molar-refractivity contribution in [3.8, 4) is 0 Å². The first-order valence-electron chi connectivity index (χ1n) is 7.33. The molecule has 1 amide bonds. The van der Waals surface area contributed by atoms with Crippen LogP contribution in [0.15, 0.2) is 18.5 Å². The summed E-state index contributed by atoms with van der Waals surface area (Å²) in [4.78, 5) is 15.8. The Labute approximate surface area is 125 Å². The van der Waals surface area contributed by atoms with E-state index in [9.17, 15) is 4.79 Å². The second-order valence-electron chi connectivity index (χ2n) is 4.91. The molecule has 1 aromatic heterocycles. The van der Waals surface area contributed by atoms with E-state index in [4.69, 9.17) is 15.6 Å². The van der Waals surface area contributed by atoms with Gasteiger partial charge in [-0.25, -0.2) is 0 Å². The molecule has 118 valence electrons. The molecule has 6 heteroatoms. The minimum absolute atomic E-state index is 0.0612. The quantitative estimate of drug-likeness (QED) is 0.556. The maximum absolute atomic E-state index is 11.9. The molecule has 1 atom stereocenters. The van der Waals surface area contributed by atoms with E-state index in [2.05, 4.69) is 10.3 Å². The number of amides is 1. The molecule has 1 aromatic rings. The molecule has 0 aliphatic heterocycles. The molecule has 0 fully saturated rings. The summed E-state index contributed by atoms with van der Waals surface area (Å²) in [6.07, 6.45) is 5.74. The number of ether oxygens (including phenoxy) is 1. The van der Waals surface area contributed by atoms with Crippen LogP contribution >= 0.6 is 0 Å². The number of nitrogens with two attached hydrogens (primary N) is 1. The fourth-order valence-electron chi connectivity index (χ4n) is 1.89. The molecular weight excluding hydrogens is 270 g/mol. The molecule has 0 bridgehead atoms. The molecular formula is C15H25N3O3. The van der Waals surface area contributed by atoms with Gasteiger partial charge in [-0.1, -0.05) is 6.42 Å². The zero-order valence-corrected chi connectivity index (χ0v) is 12.5. The summed E-state index contributed by atoms with van der Waals surface area (Å²) >= 11 is 0. The predicted octanol–water partition coefficient (Wildman–Crippen LogP) is 0.838. The fourth-order valence-corrected chi connectivity index (χ4v) is 1.89. The second-order valence-corrected chi connectivity index (χ2v) is 4.91. The molecule has 0 aromatic carbocycles. The fraction of sp³-hybridized carbons (Fsp3) is 0.600. The van der Waals surface area contributed by atoms with Crippen molar-refractivity contribution >= 4 is 5.91 Å². The van der Waals surface area contributed by atoms with Crippen molar-refractivity contribution in [2.45, 2.75) is 38.8 Å². The second kappa shape index (κ2) is 10.3. The van der Waals surface area contributed by atoms with Gasteiger partial charge < -0.3 is 20.9 Å². The number of aliphatic hydroxyl groups is 1. The van der Waals surface area contributed by atoms with Crippen LogP contribution in [0.25, 0.3) is 0 Å². The van der Waals surface area contributed by atoms with Gasteiger partial charge in [-0.2, -0.15) is 0 Å². The number of unbranched alkanes of at least 4 members (excludes halogenated alkanes) is 1. The lowest BCUT2D eigenvalue weighted by Crippen LogP contribution is -2.27. The standard InChI is InChI=1S/C15H25N3O3/c1-2-21-11-14(16)5-3-4-6-18-15(20)13-7-12(10-19)8-17-9-13/h7-9,14,19H,2-6,10-11,16H2,1H3,(H,18,20)/t14-/m0/s1. The summed E-state index contributed by atoms with van der Waals surface area (Å²) in [6.45, 7) is 3.70. The number of nitrogens with zero attached hydrogens (tertiary/aromatic N) is 1. The van der Waals surface area contributed by atoms with Crippen LogP contribution in [0, 0.1) is 0 Å². The Bertz CT molecular complexity index is 426. The number of carbonyl (C=O) groups is 1. The van der Waals surface area contributed by atoms with Crippen LogP contribution in [0.3, 0.4) is 0 Å². The third kappa shape index (κ3) is 7.17. The molecule has 1 rings (SSSR count). The van der Waals surface area contributed by atoms with Gasteiger partial charge in [-0.15, -0.1) is 0 Å². The van der Waals surface area contributed by atoms with Gasteiger partial charge in [0.15, 0.2) is 0 Å². The molecule has 4 N–H and O–H groups in total. The van der Waals surface area contributed by atoms with Crippen LogP contribution in [0.1, 0.15) is 42.1 Å². The minimum atomic E-state index is -0.170. The number of pyridine rings is 1. The predicted molar refractivity (Wildman–Crippen MR) is 80.8 cm³/mol. The highest BCUT2D eigenvalue weighted by atomic mass is 16.5. The lowest BCUT2D eigenvalue weighted by molar-refractivity contribution is 0.0951. The van der Waals surface area contributed by atoms with Crippen molar-refractivity contribution in [3.63, 3.8) is 0 Å². The average molecular weight is 295 g/mol. The Morgan fingerprint density at radius 3 is 3.00 bits per heavy atom. The SMILES string of the molecule is CCOC[C@@H](N)CCCCNC(=O)c1cncc(CO)c1. The highest BCUT2D eigenvalue weighted by molar-refractivity contribution is 5.93. The van der Waals surface area contributed by atoms with E-state index < -0.39 is 0 Å². The molecule has 0 saturated heterocycles. The van der Waals surface area contributed by atoms with Gasteiger partial charge in [-0.05, 0) is 31.4 Å². The number of rotatable bonds is 10. The van der Waals surface area contributed by atoms with E-state index in [1.165, 1.54) is 12.4 Å². The van der Waals surface area contributed by atoms with Crippen molar-refractivity contribution in [2.24, 2.45) is 5.73 Å². The Kier molecular flexibility index (Phi) is 8.57. The minimum Gasteiger partial charge on any atom is -0.392 e. The molecule has 0 aliphatic carbocycles. The molecule has 0 unspecified atom stereocenters. The van der Waals surface area contributed by atoms with E-state index >= 15 is 0 Å². The number of aliphatic hydroxyl groups excluding tert-OH is 1. The van der Waals surface area contributed by atoms with Gasteiger partial charge in [0.1, 0.15) is 0 Å². The van der Waals surface area contributed by atoms with Crippen molar-refractivity contribution in [1.82, 2.24) is 10.3 Å². The third-order valence-electron chi connectivity index (χ3n) is 3.06. The van der Waals surface area contributed by atoms with E-state index in [1.807, 2.05) is 6.92 Å². The lowest BCUT2D eigenvalue weighted by Gasteiger charge is -2.11. The first kappa shape index (κ1) is 17.6. The largest absolute Gasteiger partial charge is 0.392 e. The topological polar surface area (TPSA) is 97.5 Å². The summed E-state index contributed by atoms with van der Waals surface area (Å²) in [5.41, 5.74) is 6.98. The Morgan fingerprint density at radius 1 is 1.48 bits per heavy atom. The summed E-state index contributed by atoms with van der Waals surface area (Å²) in [6, 6.07) is 1.70. The summed E-state index contributed by atoms with van der Waals surface area (Å²) in [7, 11) is 0. The van der Waals surface area contributed by atoms with Crippen molar-refractivity contribution in [2.75, 3.05) is 19.8 Å². The van der Waals surface area contributed by atoms with E-state index in [-0.39, 0.29) is 18.6 Å². The third-order valence-corrected chi connectivity index (χ3v) is 3.06. The molecule has 0 saturated carbocycles. The van der Waals surface area contributed by atoms with Gasteiger partial charge in [0.05, 0.1) is 18.8 Å². The average Bonchev–Trinajstić information content (AvgIpc) is 2.52. The number of nitrogens with one attached hydrogen (secondary N) is 1. The van der Waals surface area contributed by atoms with Crippen LogP contribution in [0.4, 0.5) is 0 Å². The summed E-state index contributed by atoms with van der Waals surface area (Å²) < 4.78 is 5.25. The maximum atomic E-state index is 11.9. The van der Waals surface area contributed by atoms with E-state index in [0.717, 1.165) is 19.3 Å². The normalized spacial score (nSPS) is 12.1. The highest BCUT2D eigenvalue weighted by Gasteiger charge is 2.06. The lowest BCUT2D eigenvalue weighted by atomic mass is 10.1. The van der Waals surface area contributed by atoms with Crippen LogP contribution < -0.4 is 11.1 Å². The van der Waals surface area contributed by atoms with E-state index in [0.29, 0.717) is 30.9 Å². The molecule has 0 radical (unpaired) electrons. The van der Waals surface area contributed by atoms with Gasteiger partial charge in [-0.3, -0.25) is 9.78 Å². The van der Waals surface area contributed by atoms with Gasteiger partial charge >= 0.3 is 0 Å². The smallest absolute Gasteiger partial charge is 0.252 e. The van der Waals surface area contributed by atoms with Crippen LogP contribution in [0.2, 0.25) is 0 Å². The van der Waals surface area contributed by atoms with Crippen LogP contribution in [0.5, 0.6) is 0 Å². The Balaban J connectivity index is 2.18. The first-order valence-corrected chi connectivity index (χ1v) is 7.33. The first-order chi connectivity index (χ1) is 10.2. The van der Waals surface area contributed by atoms with Crippen molar-refractivity contribution in [1.29, 1.82) is 0 Å². The van der Waals surface area contributed by atoms with Gasteiger partial charge in [0.25, 0.3) is 5.91 Å². The number of hydrogen-bond donors (Lipinski definition) is 3. The zero-order valence-electron chi connectivity index (χ0n) is 12.5. The summed E-state index contributed by atoms with van der Waals surface area (Å²) in [5.74, 6) is -0.170. The molecule has 0 spiro atoms. The van der Waals surface area contributed by atoms with Crippen LogP contribution in [-0.4, -0.2) is 41.8 Å². The Morgan fingerprint density at radius 2 is 2.29 bits per heavy atom. The van der Waals surface area contributed by atoms with Gasteiger partial charge in [0.2, 0.25) is 0 Å². The monoisotopic (exact) mass is 295 g/mol. The molecule has 21 heavy (non-hydrogen) atoms. The number of hydrogen-bond acceptors (Lipinski definition) is 5. The number of aromatic nitrogens is 1. The van der Waals surface area contributed by atoms with Gasteiger partial charge in [0, 0.05) is 31.6 Å². The summed E-state index contributed by atoms with van der Waals surface area (Å²) in [5, 5.41) is 11.8. The highest BCUT2D eigenvalue weighted by Crippen LogP contribution is 2.03.